The number of aliphatic hydroxyl groups is 1. The summed E-state index contributed by atoms with van der Waals surface area (Å²) in [5.74, 6) is -5.02. The van der Waals surface area contributed by atoms with Crippen molar-refractivity contribution in [1.82, 2.24) is 0 Å². The van der Waals surface area contributed by atoms with Gasteiger partial charge in [0, 0.05) is 26.2 Å². The molecule has 4 N–H and O–H groups in total. The van der Waals surface area contributed by atoms with Crippen LogP contribution in [0.2, 0.25) is 0 Å². The molecule has 7 nitrogen and oxygen atoms in total. The van der Waals surface area contributed by atoms with Crippen LogP contribution in [-0.2, 0) is 40.6 Å². The molecule has 0 aromatic rings. The predicted octanol–water partition coefficient (Wildman–Crippen LogP) is -3.20. The second-order valence-corrected chi connectivity index (χ2v) is 2.48. The monoisotopic (exact) mass is 354 g/mol. The molecule has 0 heterocycles. The summed E-state index contributed by atoms with van der Waals surface area (Å²) in [7, 11) is 0. The molecule has 0 atom stereocenters. The van der Waals surface area contributed by atoms with Crippen LogP contribution in [0.3, 0.4) is 0 Å². The molecule has 0 unspecified atom stereocenters. The van der Waals surface area contributed by atoms with Gasteiger partial charge in [0.15, 0.2) is 5.60 Å². The Balaban J connectivity index is -0.000000120. The molecule has 17 heavy (non-hydrogen) atoms. The van der Waals surface area contributed by atoms with E-state index in [1.54, 1.807) is 0 Å². The van der Waals surface area contributed by atoms with Crippen molar-refractivity contribution in [2.75, 3.05) is 0 Å². The first kappa shape index (κ1) is 31.6. The first-order chi connectivity index (χ1) is 5.78. The van der Waals surface area contributed by atoms with Crippen LogP contribution in [-0.4, -0.2) is 133 Å². The van der Waals surface area contributed by atoms with Crippen LogP contribution in [0.4, 0.5) is 0 Å². The second kappa shape index (κ2) is 14.7. The Labute approximate surface area is 183 Å². The van der Waals surface area contributed by atoms with Gasteiger partial charge < -0.3 is 20.4 Å². The minimum atomic E-state index is -2.74. The molecule has 0 saturated heterocycles. The molecular formula is C6H11Na3O7Zr. The number of hydrogen-bond acceptors (Lipinski definition) is 4. The summed E-state index contributed by atoms with van der Waals surface area (Å²) in [6.45, 7) is 0. The van der Waals surface area contributed by atoms with E-state index in [2.05, 4.69) is 0 Å². The molecule has 0 aliphatic heterocycles. The van der Waals surface area contributed by atoms with Crippen molar-refractivity contribution >= 4 is 107 Å². The molecule has 0 aliphatic rings. The third-order valence-electron chi connectivity index (χ3n) is 1.29. The average molecular weight is 355 g/mol. The van der Waals surface area contributed by atoms with Crippen molar-refractivity contribution in [3.05, 3.63) is 0 Å². The van der Waals surface area contributed by atoms with Gasteiger partial charge in [-0.05, 0) is 0 Å². The Morgan fingerprint density at radius 1 is 0.824 bits per heavy atom. The van der Waals surface area contributed by atoms with Gasteiger partial charge in [0.25, 0.3) is 0 Å². The minimum absolute atomic E-state index is 0. The van der Waals surface area contributed by atoms with Crippen molar-refractivity contribution in [1.29, 1.82) is 0 Å². The summed E-state index contributed by atoms with van der Waals surface area (Å²) >= 11 is 0. The van der Waals surface area contributed by atoms with Crippen LogP contribution in [0.1, 0.15) is 12.8 Å². The van der Waals surface area contributed by atoms with Gasteiger partial charge in [-0.25, -0.2) is 4.79 Å². The van der Waals surface area contributed by atoms with E-state index in [0.717, 1.165) is 0 Å². The quantitative estimate of drug-likeness (QED) is 0.382. The maximum absolute atomic E-state index is 10.3. The van der Waals surface area contributed by atoms with Gasteiger partial charge in [-0.15, -0.1) is 0 Å². The van der Waals surface area contributed by atoms with Crippen molar-refractivity contribution in [3.8, 4) is 0 Å². The fourth-order valence-corrected chi connectivity index (χ4v) is 0.714. The second-order valence-electron chi connectivity index (χ2n) is 2.48. The number of carbonyl (C=O) groups is 3. The first-order valence-corrected chi connectivity index (χ1v) is 3.17. The van der Waals surface area contributed by atoms with E-state index in [-0.39, 0.29) is 115 Å². The molecule has 0 rings (SSSR count). The number of rotatable bonds is 5. The van der Waals surface area contributed by atoms with E-state index in [1.165, 1.54) is 0 Å². The maximum Gasteiger partial charge on any atom is 0 e. The summed E-state index contributed by atoms with van der Waals surface area (Å²) in [6.07, 6.45) is -2.29. The molecule has 0 aromatic heterocycles. The smallest absolute Gasteiger partial charge is 0 e. The van der Waals surface area contributed by atoms with E-state index in [4.69, 9.17) is 20.4 Å². The zero-order chi connectivity index (χ0) is 10.6. The molecule has 0 bridgehead atoms. The van der Waals surface area contributed by atoms with E-state index < -0.39 is 36.4 Å². The van der Waals surface area contributed by atoms with Gasteiger partial charge in [0.2, 0.25) is 0 Å². The van der Waals surface area contributed by atoms with E-state index in [1.807, 2.05) is 0 Å². The van der Waals surface area contributed by atoms with E-state index in [0.29, 0.717) is 0 Å². The fraction of sp³-hybridized carbons (Fsp3) is 0.500. The van der Waals surface area contributed by atoms with Crippen LogP contribution >= 0.6 is 0 Å². The molecule has 0 spiro atoms. The zero-order valence-corrected chi connectivity index (χ0v) is 9.39. The minimum Gasteiger partial charge on any atom is 0 e. The van der Waals surface area contributed by atoms with Gasteiger partial charge in [-0.2, -0.15) is 0 Å². The molecule has 0 aromatic carbocycles. The third kappa shape index (κ3) is 14.5. The normalized spacial score (nSPS) is 8.29. The number of hydrogen-bond donors (Lipinski definition) is 4. The Morgan fingerprint density at radius 3 is 1.18 bits per heavy atom. The molecule has 0 radical (unpaired) electrons. The standard InChI is InChI=1S/C6H8O7.3Na.Zr.3H/c7-3(8)1-6(13,5(11)12)2-4(9)10;;;;;;;/h13H,1-2H2,(H,7,8)(H,9,10)(H,11,12);;;;;;;. The van der Waals surface area contributed by atoms with Crippen molar-refractivity contribution in [2.24, 2.45) is 0 Å². The maximum atomic E-state index is 10.3. The van der Waals surface area contributed by atoms with Gasteiger partial charge in [-0.3, -0.25) is 9.59 Å². The van der Waals surface area contributed by atoms with Gasteiger partial charge in [-0.1, -0.05) is 0 Å². The number of carboxylic acids is 3. The topological polar surface area (TPSA) is 132 Å². The predicted molar refractivity (Wildman–Crippen MR) is 58.5 cm³/mol. The Morgan fingerprint density at radius 2 is 1.06 bits per heavy atom. The Hall–Kier alpha value is 2.25. The summed E-state index contributed by atoms with van der Waals surface area (Å²) in [4.78, 5) is 30.5. The average Bonchev–Trinajstić information content (AvgIpc) is 1.82. The third-order valence-corrected chi connectivity index (χ3v) is 1.29. The summed E-state index contributed by atoms with van der Waals surface area (Å²) in [5, 5.41) is 33.8. The number of carboxylic acid groups (broad SMARTS) is 3. The van der Waals surface area contributed by atoms with Crippen LogP contribution in [0.25, 0.3) is 0 Å². The summed E-state index contributed by atoms with van der Waals surface area (Å²) < 4.78 is 0. The molecule has 0 amide bonds. The fourth-order valence-electron chi connectivity index (χ4n) is 0.714. The Bertz CT molecular complexity index is 244. The van der Waals surface area contributed by atoms with Crippen LogP contribution in [0, 0.1) is 0 Å². The van der Waals surface area contributed by atoms with E-state index >= 15 is 0 Å². The van der Waals surface area contributed by atoms with Gasteiger partial charge in [0.05, 0.1) is 12.8 Å². The molecule has 0 fully saturated rings. The molecular weight excluding hydrogens is 344 g/mol. The van der Waals surface area contributed by atoms with Crippen LogP contribution in [0.15, 0.2) is 0 Å². The first-order valence-electron chi connectivity index (χ1n) is 3.17. The molecule has 11 heteroatoms. The summed E-state index contributed by atoms with van der Waals surface area (Å²) in [6, 6.07) is 0. The van der Waals surface area contributed by atoms with E-state index in [9.17, 15) is 14.4 Å². The molecule has 84 valence electrons. The molecule has 0 aliphatic carbocycles. The zero-order valence-electron chi connectivity index (χ0n) is 6.93. The van der Waals surface area contributed by atoms with Crippen LogP contribution < -0.4 is 0 Å². The van der Waals surface area contributed by atoms with Gasteiger partial charge in [0.1, 0.15) is 0 Å². The number of aliphatic carboxylic acids is 3. The summed E-state index contributed by atoms with van der Waals surface area (Å²) in [5.41, 5.74) is -2.74. The molecule has 0 saturated carbocycles. The van der Waals surface area contributed by atoms with Gasteiger partial charge >= 0.3 is 107 Å². The van der Waals surface area contributed by atoms with Crippen LogP contribution in [0.5, 0.6) is 0 Å². The van der Waals surface area contributed by atoms with Crippen molar-refractivity contribution < 1.29 is 61.0 Å². The largest absolute Gasteiger partial charge is 0 e. The SMILES string of the molecule is O=C(O)CC(O)(CC(=O)O)C(=O)O.[NaH].[NaH].[NaH].[Zr]. The Kier molecular flexibility index (Phi) is 27.2. The van der Waals surface area contributed by atoms with Crippen molar-refractivity contribution in [2.45, 2.75) is 18.4 Å². The van der Waals surface area contributed by atoms with Crippen molar-refractivity contribution in [3.63, 3.8) is 0 Å².